The summed E-state index contributed by atoms with van der Waals surface area (Å²) in [6.45, 7) is 0.662. The van der Waals surface area contributed by atoms with Crippen LogP contribution in [0, 0.1) is 0 Å². The third-order valence-electron chi connectivity index (χ3n) is 2.10. The van der Waals surface area contributed by atoms with Crippen LogP contribution >= 0.6 is 0 Å². The molecule has 4 nitrogen and oxygen atoms in total. The molecule has 0 aliphatic carbocycles. The zero-order valence-electron chi connectivity index (χ0n) is 8.06. The van der Waals surface area contributed by atoms with E-state index in [-0.39, 0.29) is 24.8 Å². The average Bonchev–Trinajstić information content (AvgIpc) is 2.44. The maximum atomic E-state index is 10.1. The summed E-state index contributed by atoms with van der Waals surface area (Å²) >= 11 is 0. The minimum Gasteiger partial charge on any atom is -0.382 e. The van der Waals surface area contributed by atoms with Crippen LogP contribution in [0.15, 0.2) is 0 Å². The molecule has 5 heteroatoms. The Balaban J connectivity index is 2.35. The molecule has 13 heavy (non-hydrogen) atoms. The van der Waals surface area contributed by atoms with E-state index in [2.05, 4.69) is 0 Å². The van der Waals surface area contributed by atoms with Crippen LogP contribution in [0.5, 0.6) is 0 Å². The van der Waals surface area contributed by atoms with Crippen LogP contribution in [0.25, 0.3) is 0 Å². The average molecular weight is 186 g/mol. The molecule has 1 rings (SSSR count). The Morgan fingerprint density at radius 1 is 1.69 bits per heavy atom. The zero-order valence-corrected chi connectivity index (χ0v) is 8.06. The lowest BCUT2D eigenvalue weighted by atomic mass is 9.96. The SMILES string of the molecule is B[C@H]1CC(OCC=O)[C@@H](COC)O1. The van der Waals surface area contributed by atoms with Crippen LogP contribution in [-0.4, -0.2) is 52.7 Å². The van der Waals surface area contributed by atoms with Crippen molar-refractivity contribution in [2.24, 2.45) is 0 Å². The molecule has 0 amide bonds. The number of methoxy groups -OCH3 is 1. The van der Waals surface area contributed by atoms with Gasteiger partial charge in [0.15, 0.2) is 0 Å². The Labute approximate surface area is 78.9 Å². The maximum absolute atomic E-state index is 10.1. The topological polar surface area (TPSA) is 44.8 Å². The quantitative estimate of drug-likeness (QED) is 0.406. The van der Waals surface area contributed by atoms with E-state index in [1.54, 1.807) is 7.11 Å². The second kappa shape index (κ2) is 5.37. The second-order valence-corrected chi connectivity index (χ2v) is 3.21. The van der Waals surface area contributed by atoms with E-state index in [0.29, 0.717) is 6.61 Å². The summed E-state index contributed by atoms with van der Waals surface area (Å²) < 4.78 is 15.9. The molecule has 0 saturated carbocycles. The number of carbonyl (C=O) groups is 1. The van der Waals surface area contributed by atoms with Crippen LogP contribution in [0.1, 0.15) is 6.42 Å². The number of hydrogen-bond donors (Lipinski definition) is 0. The van der Waals surface area contributed by atoms with Crippen molar-refractivity contribution in [1.29, 1.82) is 0 Å². The van der Waals surface area contributed by atoms with E-state index in [4.69, 9.17) is 14.2 Å². The molecular weight excluding hydrogens is 171 g/mol. The van der Waals surface area contributed by atoms with Gasteiger partial charge in [-0.1, -0.05) is 0 Å². The highest BCUT2D eigenvalue weighted by molar-refractivity contribution is 6.11. The van der Waals surface area contributed by atoms with Crippen molar-refractivity contribution < 1.29 is 19.0 Å². The summed E-state index contributed by atoms with van der Waals surface area (Å²) in [4.78, 5) is 10.1. The van der Waals surface area contributed by atoms with Gasteiger partial charge in [-0.15, -0.1) is 0 Å². The highest BCUT2D eigenvalue weighted by Gasteiger charge is 2.33. The van der Waals surface area contributed by atoms with Gasteiger partial charge in [0.2, 0.25) is 0 Å². The lowest BCUT2D eigenvalue weighted by Gasteiger charge is -2.16. The minimum atomic E-state index is -0.0278. The third-order valence-corrected chi connectivity index (χ3v) is 2.10. The molecule has 1 aliphatic rings. The summed E-state index contributed by atoms with van der Waals surface area (Å²) in [6.07, 6.45) is 1.56. The highest BCUT2D eigenvalue weighted by atomic mass is 16.6. The van der Waals surface area contributed by atoms with Crippen molar-refractivity contribution in [3.05, 3.63) is 0 Å². The van der Waals surface area contributed by atoms with Crippen LogP contribution in [-0.2, 0) is 19.0 Å². The molecule has 0 N–H and O–H groups in total. The van der Waals surface area contributed by atoms with E-state index in [0.717, 1.165) is 12.7 Å². The predicted octanol–water partition coefficient (Wildman–Crippen LogP) is -1.03. The van der Waals surface area contributed by atoms with Gasteiger partial charge < -0.3 is 19.0 Å². The Morgan fingerprint density at radius 2 is 2.46 bits per heavy atom. The number of rotatable bonds is 5. The molecule has 0 aromatic carbocycles. The minimum absolute atomic E-state index is 0.000139. The van der Waals surface area contributed by atoms with Gasteiger partial charge in [0, 0.05) is 13.1 Å². The summed E-state index contributed by atoms with van der Waals surface area (Å²) in [5.41, 5.74) is 0. The first-order chi connectivity index (χ1) is 6.27. The standard InChI is InChI=1S/C8H15BO4/c1-11-5-7-6(12-3-2-10)4-8(9)13-7/h2,6-8H,3-5,9H2,1H3/t6?,7-,8-/m1/s1. The molecule has 1 fully saturated rings. The molecule has 0 bridgehead atoms. The van der Waals surface area contributed by atoms with Crippen molar-refractivity contribution in [3.8, 4) is 0 Å². The molecule has 1 saturated heterocycles. The molecule has 1 aliphatic heterocycles. The van der Waals surface area contributed by atoms with E-state index >= 15 is 0 Å². The van der Waals surface area contributed by atoms with Crippen LogP contribution < -0.4 is 0 Å². The van der Waals surface area contributed by atoms with Crippen molar-refractivity contribution >= 4 is 14.1 Å². The normalized spacial score (nSPS) is 33.5. The maximum Gasteiger partial charge on any atom is 0.145 e. The smallest absolute Gasteiger partial charge is 0.145 e. The lowest BCUT2D eigenvalue weighted by molar-refractivity contribution is -0.115. The molecular formula is C8H15BO4. The van der Waals surface area contributed by atoms with E-state index < -0.39 is 0 Å². The number of aldehydes is 1. The summed E-state index contributed by atoms with van der Waals surface area (Å²) in [5, 5.41) is 0. The first kappa shape index (κ1) is 10.7. The predicted molar refractivity (Wildman–Crippen MR) is 49.5 cm³/mol. The number of ether oxygens (including phenoxy) is 3. The Hall–Kier alpha value is -0.385. The van der Waals surface area contributed by atoms with Crippen molar-refractivity contribution in [2.45, 2.75) is 24.6 Å². The summed E-state index contributed by atoms with van der Waals surface area (Å²) in [7, 11) is 3.62. The van der Waals surface area contributed by atoms with E-state index in [9.17, 15) is 4.79 Å². The van der Waals surface area contributed by atoms with Crippen LogP contribution in [0.3, 0.4) is 0 Å². The fraction of sp³-hybridized carbons (Fsp3) is 0.875. The van der Waals surface area contributed by atoms with Crippen LogP contribution in [0.4, 0.5) is 0 Å². The molecule has 0 aromatic heterocycles. The van der Waals surface area contributed by atoms with Crippen molar-refractivity contribution in [1.82, 2.24) is 0 Å². The zero-order chi connectivity index (χ0) is 9.68. The van der Waals surface area contributed by atoms with Gasteiger partial charge in [-0.2, -0.15) is 0 Å². The second-order valence-electron chi connectivity index (χ2n) is 3.21. The van der Waals surface area contributed by atoms with Gasteiger partial charge in [-0.05, 0) is 6.42 Å². The fourth-order valence-electron chi connectivity index (χ4n) is 1.57. The first-order valence-corrected chi connectivity index (χ1v) is 4.47. The highest BCUT2D eigenvalue weighted by Crippen LogP contribution is 2.21. The number of hydrogen-bond acceptors (Lipinski definition) is 4. The molecule has 1 heterocycles. The summed E-state index contributed by atoms with van der Waals surface area (Å²) in [5.74, 6) is 0. The third kappa shape index (κ3) is 3.10. The summed E-state index contributed by atoms with van der Waals surface area (Å²) in [6, 6.07) is 0.191. The molecule has 1 unspecified atom stereocenters. The van der Waals surface area contributed by atoms with E-state index in [1.807, 2.05) is 7.85 Å². The Kier molecular flexibility index (Phi) is 4.42. The van der Waals surface area contributed by atoms with Crippen molar-refractivity contribution in [3.63, 3.8) is 0 Å². The lowest BCUT2D eigenvalue weighted by Crippen LogP contribution is -2.29. The van der Waals surface area contributed by atoms with Crippen molar-refractivity contribution in [2.75, 3.05) is 20.3 Å². The number of carbonyl (C=O) groups excluding carboxylic acids is 1. The van der Waals surface area contributed by atoms with E-state index in [1.165, 1.54) is 0 Å². The molecule has 0 spiro atoms. The van der Waals surface area contributed by atoms with Gasteiger partial charge in [0.05, 0.1) is 12.7 Å². The Morgan fingerprint density at radius 3 is 3.08 bits per heavy atom. The largest absolute Gasteiger partial charge is 0.382 e. The first-order valence-electron chi connectivity index (χ1n) is 4.47. The van der Waals surface area contributed by atoms with Gasteiger partial charge in [-0.3, -0.25) is 0 Å². The molecule has 3 atom stereocenters. The molecule has 0 radical (unpaired) electrons. The van der Waals surface area contributed by atoms with Gasteiger partial charge in [0.25, 0.3) is 0 Å². The fourth-order valence-corrected chi connectivity index (χ4v) is 1.57. The van der Waals surface area contributed by atoms with Gasteiger partial charge >= 0.3 is 0 Å². The van der Waals surface area contributed by atoms with Crippen LogP contribution in [0.2, 0.25) is 0 Å². The molecule has 0 aromatic rings. The molecule has 74 valence electrons. The van der Waals surface area contributed by atoms with Gasteiger partial charge in [0.1, 0.15) is 26.8 Å². The monoisotopic (exact) mass is 186 g/mol. The van der Waals surface area contributed by atoms with Gasteiger partial charge in [-0.25, -0.2) is 0 Å². The Bertz CT molecular complexity index is 164.